The summed E-state index contributed by atoms with van der Waals surface area (Å²) in [5.74, 6) is 0.273. The first-order valence-electron chi connectivity index (χ1n) is 5.40. The Balaban J connectivity index is 0.00000162. The summed E-state index contributed by atoms with van der Waals surface area (Å²) in [4.78, 5) is 8.08. The number of aromatic nitrogens is 2. The maximum Gasteiger partial charge on any atom is 0.221 e. The van der Waals surface area contributed by atoms with Crippen LogP contribution in [0.15, 0.2) is 18.2 Å². The molecule has 0 aliphatic rings. The molecule has 90 valence electrons. The molecule has 4 nitrogen and oxygen atoms in total. The molecule has 1 heterocycles. The number of benzene rings is 1. The highest BCUT2D eigenvalue weighted by molar-refractivity contribution is 5.73. The van der Waals surface area contributed by atoms with Gasteiger partial charge in [-0.3, -0.25) is 0 Å². The van der Waals surface area contributed by atoms with Crippen LogP contribution in [0.25, 0.3) is 11.3 Å². The Morgan fingerprint density at radius 1 is 1.12 bits per heavy atom. The van der Waals surface area contributed by atoms with Gasteiger partial charge in [-0.2, -0.15) is 0 Å². The lowest BCUT2D eigenvalue weighted by Crippen LogP contribution is -2.01. The van der Waals surface area contributed by atoms with Crippen LogP contribution in [0.5, 0.6) is 5.75 Å². The van der Waals surface area contributed by atoms with E-state index in [1.165, 1.54) is 0 Å². The van der Waals surface area contributed by atoms with E-state index >= 15 is 0 Å². The molecule has 0 atom stereocenters. The monoisotopic (exact) mass is 231 g/mol. The second kappa shape index (κ2) is 4.05. The molecule has 0 bridgehead atoms. The summed E-state index contributed by atoms with van der Waals surface area (Å²) >= 11 is 0. The van der Waals surface area contributed by atoms with Crippen molar-refractivity contribution in [3.8, 4) is 17.0 Å². The van der Waals surface area contributed by atoms with E-state index < -0.39 is 0 Å². The summed E-state index contributed by atoms with van der Waals surface area (Å²) < 4.78 is 0. The first kappa shape index (κ1) is 11.4. The lowest BCUT2D eigenvalue weighted by Gasteiger charge is -2.12. The number of nitrogen functional groups attached to an aromatic ring is 1. The van der Waals surface area contributed by atoms with Gasteiger partial charge in [-0.05, 0) is 31.9 Å². The maximum absolute atomic E-state index is 10.0. The van der Waals surface area contributed by atoms with Gasteiger partial charge in [0.25, 0.3) is 0 Å². The van der Waals surface area contributed by atoms with Gasteiger partial charge in [0, 0.05) is 6.99 Å². The fourth-order valence-corrected chi connectivity index (χ4v) is 1.95. The lowest BCUT2D eigenvalue weighted by molar-refractivity contribution is 0.467. The molecule has 4 heteroatoms. The molecular weight excluding hydrogens is 214 g/mol. The van der Waals surface area contributed by atoms with Gasteiger partial charge >= 0.3 is 0 Å². The number of anilines is 1. The number of hydrogen-bond acceptors (Lipinski definition) is 4. The van der Waals surface area contributed by atoms with Gasteiger partial charge in [0.2, 0.25) is 5.95 Å². The molecule has 2 rings (SSSR count). The molecule has 0 radical (unpaired) electrons. The molecule has 0 unspecified atom stereocenters. The van der Waals surface area contributed by atoms with E-state index in [-0.39, 0.29) is 13.1 Å². The van der Waals surface area contributed by atoms with Crippen LogP contribution in [0.2, 0.25) is 0 Å². The Hall–Kier alpha value is -2.10. The normalized spacial score (nSPS) is 10.5. The molecule has 1 aromatic heterocycles. The topological polar surface area (TPSA) is 72.0 Å². The summed E-state index contributed by atoms with van der Waals surface area (Å²) in [5, 5.41) is 10.0. The summed E-state index contributed by atoms with van der Waals surface area (Å²) in [5.41, 5.74) is 9.66. The zero-order chi connectivity index (χ0) is 12.6. The van der Waals surface area contributed by atoms with Crippen molar-refractivity contribution in [3.05, 3.63) is 35.0 Å². The van der Waals surface area contributed by atoms with Crippen molar-refractivity contribution in [2.75, 3.05) is 5.73 Å². The Morgan fingerprint density at radius 3 is 2.29 bits per heavy atom. The summed E-state index contributed by atoms with van der Waals surface area (Å²) in [6.45, 7) is 5.68. The van der Waals surface area contributed by atoms with Gasteiger partial charge in [0.05, 0.1) is 5.69 Å². The highest BCUT2D eigenvalue weighted by atomic mass is 16.3. The Bertz CT molecular complexity index is 564. The van der Waals surface area contributed by atoms with Crippen LogP contribution in [0.4, 0.5) is 5.95 Å². The van der Waals surface area contributed by atoms with Crippen LogP contribution in [0.1, 0.15) is 18.2 Å². The quantitative estimate of drug-likeness (QED) is 0.791. The second-order valence-electron chi connectivity index (χ2n) is 4.13. The fourth-order valence-electron chi connectivity index (χ4n) is 1.95. The molecule has 1 aromatic carbocycles. The van der Waals surface area contributed by atoms with E-state index in [0.29, 0.717) is 11.4 Å². The van der Waals surface area contributed by atoms with Crippen LogP contribution in [0.3, 0.4) is 0 Å². The minimum atomic E-state index is 0. The molecule has 17 heavy (non-hydrogen) atoms. The van der Waals surface area contributed by atoms with Gasteiger partial charge in [-0.1, -0.05) is 18.2 Å². The van der Waals surface area contributed by atoms with Gasteiger partial charge < -0.3 is 10.8 Å². The van der Waals surface area contributed by atoms with Crippen molar-refractivity contribution < 1.29 is 6.53 Å². The number of hydrogen-bond donors (Lipinski definition) is 2. The van der Waals surface area contributed by atoms with Crippen LogP contribution in [-0.2, 0) is 0 Å². The third kappa shape index (κ3) is 1.93. The number of nitrogens with zero attached hydrogens (tertiary/aromatic N) is 2. The summed E-state index contributed by atoms with van der Waals surface area (Å²) in [6, 6.07) is 5.94. The zero-order valence-corrected chi connectivity index (χ0v) is 10.2. The Labute approximate surface area is 102 Å². The average Bonchev–Trinajstić information content (AvgIpc) is 2.24. The highest BCUT2D eigenvalue weighted by Crippen LogP contribution is 2.33. The van der Waals surface area contributed by atoms with Crippen molar-refractivity contribution >= 4 is 5.95 Å². The third-order valence-corrected chi connectivity index (χ3v) is 2.79. The van der Waals surface area contributed by atoms with Crippen LogP contribution >= 0.6 is 0 Å². The number of aromatic hydroxyl groups is 1. The SMILES string of the molecule is Cc1cccc(C)c1-c1nc(N)nc(C)c1O.[HH]. The minimum Gasteiger partial charge on any atom is -0.504 e. The summed E-state index contributed by atoms with van der Waals surface area (Å²) in [7, 11) is 0. The van der Waals surface area contributed by atoms with E-state index in [2.05, 4.69) is 9.97 Å². The van der Waals surface area contributed by atoms with E-state index in [4.69, 9.17) is 5.73 Å². The van der Waals surface area contributed by atoms with Gasteiger partial charge in [-0.15, -0.1) is 0 Å². The summed E-state index contributed by atoms with van der Waals surface area (Å²) in [6.07, 6.45) is 0. The second-order valence-corrected chi connectivity index (χ2v) is 4.13. The standard InChI is InChI=1S/C13H15N3O.H2/c1-7-5-4-6-8(2)10(7)11-12(17)9(3)15-13(14)16-11;/h4-6,17H,1-3H3,(H2,14,15,16);1H. The van der Waals surface area contributed by atoms with Crippen LogP contribution in [0, 0.1) is 20.8 Å². The highest BCUT2D eigenvalue weighted by Gasteiger charge is 2.15. The van der Waals surface area contributed by atoms with Crippen molar-refractivity contribution in [2.24, 2.45) is 0 Å². The smallest absolute Gasteiger partial charge is 0.221 e. The molecule has 0 saturated heterocycles. The maximum atomic E-state index is 10.0. The largest absolute Gasteiger partial charge is 0.504 e. The lowest BCUT2D eigenvalue weighted by atomic mass is 9.99. The Kier molecular flexibility index (Phi) is 2.71. The predicted octanol–water partition coefficient (Wildman–Crippen LogP) is 2.60. The number of aryl methyl sites for hydroxylation is 3. The Morgan fingerprint density at radius 2 is 1.71 bits per heavy atom. The molecule has 0 saturated carbocycles. The van der Waals surface area contributed by atoms with E-state index in [9.17, 15) is 5.11 Å². The van der Waals surface area contributed by atoms with E-state index in [0.717, 1.165) is 16.7 Å². The van der Waals surface area contributed by atoms with Crippen molar-refractivity contribution in [1.29, 1.82) is 0 Å². The minimum absolute atomic E-state index is 0. The molecule has 0 aliphatic carbocycles. The van der Waals surface area contributed by atoms with Crippen molar-refractivity contribution in [1.82, 2.24) is 9.97 Å². The fraction of sp³-hybridized carbons (Fsp3) is 0.231. The average molecular weight is 231 g/mol. The zero-order valence-electron chi connectivity index (χ0n) is 10.2. The van der Waals surface area contributed by atoms with Gasteiger partial charge in [-0.25, -0.2) is 9.97 Å². The molecule has 3 N–H and O–H groups in total. The molecule has 0 aliphatic heterocycles. The molecule has 0 fully saturated rings. The number of nitrogens with two attached hydrogens (primary N) is 1. The van der Waals surface area contributed by atoms with Crippen molar-refractivity contribution in [2.45, 2.75) is 20.8 Å². The van der Waals surface area contributed by atoms with Crippen molar-refractivity contribution in [3.63, 3.8) is 0 Å². The number of rotatable bonds is 1. The third-order valence-electron chi connectivity index (χ3n) is 2.79. The molecule has 0 amide bonds. The van der Waals surface area contributed by atoms with E-state index in [1.807, 2.05) is 32.0 Å². The molecular formula is C13H17N3O. The van der Waals surface area contributed by atoms with Crippen LogP contribution in [-0.4, -0.2) is 15.1 Å². The van der Waals surface area contributed by atoms with E-state index in [1.54, 1.807) is 6.92 Å². The molecule has 2 aromatic rings. The van der Waals surface area contributed by atoms with Gasteiger partial charge in [0.1, 0.15) is 5.69 Å². The van der Waals surface area contributed by atoms with Gasteiger partial charge in [0.15, 0.2) is 5.75 Å². The first-order valence-corrected chi connectivity index (χ1v) is 5.40. The van der Waals surface area contributed by atoms with Crippen LogP contribution < -0.4 is 5.73 Å². The molecule has 0 spiro atoms. The first-order chi connectivity index (χ1) is 8.00. The predicted molar refractivity (Wildman–Crippen MR) is 69.9 cm³/mol.